The molecule has 0 atom stereocenters. The Kier molecular flexibility index (Phi) is 5.22. The van der Waals surface area contributed by atoms with Gasteiger partial charge in [-0.05, 0) is 43.4 Å². The summed E-state index contributed by atoms with van der Waals surface area (Å²) in [5.41, 5.74) is 4.06. The van der Waals surface area contributed by atoms with E-state index < -0.39 is 0 Å². The van der Waals surface area contributed by atoms with E-state index in [0.29, 0.717) is 12.1 Å². The van der Waals surface area contributed by atoms with Crippen LogP contribution in [0.2, 0.25) is 0 Å². The second kappa shape index (κ2) is 7.81. The van der Waals surface area contributed by atoms with Crippen molar-refractivity contribution in [2.45, 2.75) is 46.1 Å². The Morgan fingerprint density at radius 3 is 2.66 bits per heavy atom. The molecule has 1 saturated heterocycles. The zero-order chi connectivity index (χ0) is 20.5. The lowest BCUT2D eigenvalue weighted by molar-refractivity contribution is 0.0952. The van der Waals surface area contributed by atoms with Crippen molar-refractivity contribution in [3.05, 3.63) is 46.9 Å². The molecule has 0 aliphatic carbocycles. The second-order valence-corrected chi connectivity index (χ2v) is 8.06. The molecule has 3 aromatic rings. The maximum Gasteiger partial charge on any atom is 0.252 e. The van der Waals surface area contributed by atoms with E-state index in [-0.39, 0.29) is 11.8 Å². The third-order valence-electron chi connectivity index (χ3n) is 5.52. The zero-order valence-electron chi connectivity index (χ0n) is 17.6. The van der Waals surface area contributed by atoms with Gasteiger partial charge < -0.3 is 10.2 Å². The van der Waals surface area contributed by atoms with Crippen LogP contribution in [-0.2, 0) is 13.6 Å². The van der Waals surface area contributed by atoms with Gasteiger partial charge in [0, 0.05) is 38.6 Å². The largest absolute Gasteiger partial charge is 0.357 e. The summed E-state index contributed by atoms with van der Waals surface area (Å²) >= 11 is 0. The minimum atomic E-state index is -0.112. The number of nitrogens with one attached hydrogen (secondary N) is 1. The molecule has 0 bridgehead atoms. The van der Waals surface area contributed by atoms with Crippen molar-refractivity contribution in [3.8, 4) is 0 Å². The highest BCUT2D eigenvalue weighted by Gasteiger charge is 2.19. The summed E-state index contributed by atoms with van der Waals surface area (Å²) in [4.78, 5) is 24.6. The van der Waals surface area contributed by atoms with E-state index in [1.54, 1.807) is 4.68 Å². The van der Waals surface area contributed by atoms with Gasteiger partial charge in [-0.3, -0.25) is 9.48 Å². The van der Waals surface area contributed by atoms with Crippen molar-refractivity contribution < 1.29 is 4.79 Å². The number of carbonyl (C=O) groups is 1. The molecule has 0 saturated carbocycles. The highest BCUT2D eigenvalue weighted by molar-refractivity contribution is 6.06. The topological polar surface area (TPSA) is 75.9 Å². The van der Waals surface area contributed by atoms with E-state index in [9.17, 15) is 4.79 Å². The number of carbonyl (C=O) groups excluding carboxylic acids is 1. The maximum absolute atomic E-state index is 13.0. The van der Waals surface area contributed by atoms with Crippen molar-refractivity contribution in [3.63, 3.8) is 0 Å². The smallest absolute Gasteiger partial charge is 0.252 e. The standard InChI is InChI=1S/C22H28N6O/c1-14(2)18-11-17(20-15(3)26-27(4)21(20)25-18)22(29)24-13-16-7-8-19(23-12-16)28-9-5-6-10-28/h7-8,11-12,14H,5-6,9-10,13H2,1-4H3,(H,24,29). The third-order valence-corrected chi connectivity index (χ3v) is 5.52. The zero-order valence-corrected chi connectivity index (χ0v) is 17.6. The molecule has 1 aliphatic heterocycles. The van der Waals surface area contributed by atoms with Crippen LogP contribution in [0, 0.1) is 6.92 Å². The number of aromatic nitrogens is 4. The minimum absolute atomic E-state index is 0.112. The number of amides is 1. The molecule has 3 aromatic heterocycles. The molecule has 0 spiro atoms. The number of rotatable bonds is 5. The predicted molar refractivity (Wildman–Crippen MR) is 114 cm³/mol. The highest BCUT2D eigenvalue weighted by atomic mass is 16.1. The lowest BCUT2D eigenvalue weighted by atomic mass is 10.0. The van der Waals surface area contributed by atoms with Crippen LogP contribution in [0.1, 0.15) is 59.9 Å². The normalized spacial score (nSPS) is 14.2. The van der Waals surface area contributed by atoms with Crippen molar-refractivity contribution in [1.29, 1.82) is 0 Å². The summed E-state index contributed by atoms with van der Waals surface area (Å²) in [6.45, 7) is 8.65. The molecular formula is C22H28N6O. The van der Waals surface area contributed by atoms with Crippen molar-refractivity contribution in [1.82, 2.24) is 25.1 Å². The molecule has 29 heavy (non-hydrogen) atoms. The number of aryl methyl sites for hydroxylation is 2. The minimum Gasteiger partial charge on any atom is -0.357 e. The number of hydrogen-bond acceptors (Lipinski definition) is 5. The first-order valence-corrected chi connectivity index (χ1v) is 10.3. The van der Waals surface area contributed by atoms with Gasteiger partial charge in [0.1, 0.15) is 5.82 Å². The summed E-state index contributed by atoms with van der Waals surface area (Å²) in [6.07, 6.45) is 4.31. The number of hydrogen-bond donors (Lipinski definition) is 1. The quantitative estimate of drug-likeness (QED) is 0.721. The lowest BCUT2D eigenvalue weighted by Crippen LogP contribution is -2.24. The van der Waals surface area contributed by atoms with Gasteiger partial charge in [0.2, 0.25) is 0 Å². The molecule has 4 heterocycles. The first-order chi connectivity index (χ1) is 13.9. The van der Waals surface area contributed by atoms with Crippen LogP contribution in [0.15, 0.2) is 24.4 Å². The molecule has 1 fully saturated rings. The second-order valence-electron chi connectivity index (χ2n) is 8.06. The van der Waals surface area contributed by atoms with Gasteiger partial charge in [-0.15, -0.1) is 0 Å². The average molecular weight is 393 g/mol. The fraction of sp³-hybridized carbons (Fsp3) is 0.455. The van der Waals surface area contributed by atoms with Crippen LogP contribution in [0.4, 0.5) is 5.82 Å². The van der Waals surface area contributed by atoms with Gasteiger partial charge in [-0.2, -0.15) is 5.10 Å². The summed E-state index contributed by atoms with van der Waals surface area (Å²) < 4.78 is 1.74. The number of pyridine rings is 2. The molecule has 1 aliphatic rings. The Balaban J connectivity index is 1.54. The van der Waals surface area contributed by atoms with Crippen LogP contribution >= 0.6 is 0 Å². The van der Waals surface area contributed by atoms with Crippen molar-refractivity contribution in [2.24, 2.45) is 7.05 Å². The van der Waals surface area contributed by atoms with Gasteiger partial charge in [0.05, 0.1) is 16.6 Å². The Hall–Kier alpha value is -2.96. The molecule has 152 valence electrons. The van der Waals surface area contributed by atoms with E-state index >= 15 is 0 Å². The highest BCUT2D eigenvalue weighted by Crippen LogP contribution is 2.25. The number of anilines is 1. The van der Waals surface area contributed by atoms with Crippen LogP contribution in [0.25, 0.3) is 11.0 Å². The molecule has 4 rings (SSSR count). The van der Waals surface area contributed by atoms with E-state index in [1.165, 1.54) is 12.8 Å². The van der Waals surface area contributed by atoms with Crippen LogP contribution < -0.4 is 10.2 Å². The first kappa shape index (κ1) is 19.4. The molecule has 1 amide bonds. The molecule has 7 heteroatoms. The van der Waals surface area contributed by atoms with Gasteiger partial charge in [-0.1, -0.05) is 19.9 Å². The Morgan fingerprint density at radius 1 is 1.24 bits per heavy atom. The SMILES string of the molecule is Cc1nn(C)c2nc(C(C)C)cc(C(=O)NCc3ccc(N4CCCC4)nc3)c12. The fourth-order valence-electron chi connectivity index (χ4n) is 3.87. The molecule has 7 nitrogen and oxygen atoms in total. The molecule has 0 aromatic carbocycles. The summed E-state index contributed by atoms with van der Waals surface area (Å²) in [6, 6.07) is 5.98. The first-order valence-electron chi connectivity index (χ1n) is 10.3. The van der Waals surface area contributed by atoms with Gasteiger partial charge >= 0.3 is 0 Å². The van der Waals surface area contributed by atoms with E-state index in [1.807, 2.05) is 38.4 Å². The molecular weight excluding hydrogens is 364 g/mol. The van der Waals surface area contributed by atoms with Gasteiger partial charge in [0.25, 0.3) is 5.91 Å². The molecule has 0 unspecified atom stereocenters. The average Bonchev–Trinajstić information content (AvgIpc) is 3.34. The Labute approximate surface area is 171 Å². The maximum atomic E-state index is 13.0. The molecule has 1 N–H and O–H groups in total. The monoisotopic (exact) mass is 392 g/mol. The Bertz CT molecular complexity index is 1030. The third kappa shape index (κ3) is 3.81. The number of fused-ring (bicyclic) bond motifs is 1. The predicted octanol–water partition coefficient (Wildman–Crippen LogP) is 3.33. The summed E-state index contributed by atoms with van der Waals surface area (Å²) in [5, 5.41) is 8.32. The number of nitrogens with zero attached hydrogens (tertiary/aromatic N) is 5. The summed E-state index contributed by atoms with van der Waals surface area (Å²) in [5.74, 6) is 1.13. The van der Waals surface area contributed by atoms with Crippen LogP contribution in [-0.4, -0.2) is 38.7 Å². The van der Waals surface area contributed by atoms with Gasteiger partial charge in [-0.25, -0.2) is 9.97 Å². The van der Waals surface area contributed by atoms with Crippen LogP contribution in [0.3, 0.4) is 0 Å². The van der Waals surface area contributed by atoms with E-state index in [0.717, 1.165) is 46.9 Å². The van der Waals surface area contributed by atoms with E-state index in [2.05, 4.69) is 34.1 Å². The Morgan fingerprint density at radius 2 is 2.00 bits per heavy atom. The lowest BCUT2D eigenvalue weighted by Gasteiger charge is -2.16. The fourth-order valence-corrected chi connectivity index (χ4v) is 3.87. The van der Waals surface area contributed by atoms with Gasteiger partial charge in [0.15, 0.2) is 5.65 Å². The van der Waals surface area contributed by atoms with Crippen molar-refractivity contribution in [2.75, 3.05) is 18.0 Å². The van der Waals surface area contributed by atoms with Crippen molar-refractivity contribution >= 4 is 22.8 Å². The molecule has 0 radical (unpaired) electrons. The van der Waals surface area contributed by atoms with Crippen LogP contribution in [0.5, 0.6) is 0 Å². The van der Waals surface area contributed by atoms with E-state index in [4.69, 9.17) is 4.98 Å². The summed E-state index contributed by atoms with van der Waals surface area (Å²) in [7, 11) is 1.86.